The van der Waals surface area contributed by atoms with Crippen LogP contribution < -0.4 is 20.3 Å². The minimum Gasteiger partial charge on any atom is -0.497 e. The fourth-order valence-corrected chi connectivity index (χ4v) is 3.60. The van der Waals surface area contributed by atoms with E-state index in [0.717, 1.165) is 0 Å². The number of aromatic amines is 1. The number of furan rings is 1. The van der Waals surface area contributed by atoms with Gasteiger partial charge in [0.1, 0.15) is 22.8 Å². The number of aromatic nitrogens is 1. The van der Waals surface area contributed by atoms with E-state index in [-0.39, 0.29) is 23.7 Å². The Bertz CT molecular complexity index is 1140. The van der Waals surface area contributed by atoms with Crippen LogP contribution in [0.15, 0.2) is 51.9 Å². The molecule has 1 aliphatic carbocycles. The Morgan fingerprint density at radius 2 is 1.83 bits per heavy atom. The molecule has 30 heavy (non-hydrogen) atoms. The van der Waals surface area contributed by atoms with E-state index in [4.69, 9.17) is 13.9 Å². The number of methoxy groups -OCH3 is 2. The standard InChI is InChI=1S/C22H20N2O6/c1-28-14-8-13(9-15(10-14)29-2)23-21(26)17-11-16-18(24-22(17)27)6-12(7-19(16)25)20-4-3-5-30-20/h3-5,8-12H,6-7H2,1-2H3,(H,23,26)(H,24,27)/t12-/m0/s1. The summed E-state index contributed by atoms with van der Waals surface area (Å²) in [6.45, 7) is 0. The Balaban J connectivity index is 1.62. The van der Waals surface area contributed by atoms with Gasteiger partial charge in [0.2, 0.25) is 0 Å². The highest BCUT2D eigenvalue weighted by molar-refractivity contribution is 6.07. The lowest BCUT2D eigenvalue weighted by Gasteiger charge is -2.22. The molecule has 1 atom stereocenters. The monoisotopic (exact) mass is 408 g/mol. The van der Waals surface area contributed by atoms with Crippen molar-refractivity contribution < 1.29 is 23.5 Å². The van der Waals surface area contributed by atoms with Crippen molar-refractivity contribution >= 4 is 17.4 Å². The fraction of sp³-hybridized carbons (Fsp3) is 0.227. The first-order valence-electron chi connectivity index (χ1n) is 9.35. The number of Topliss-reactive ketones (excluding diaryl/α,β-unsaturated/α-hetero) is 1. The van der Waals surface area contributed by atoms with Crippen LogP contribution in [0.3, 0.4) is 0 Å². The highest BCUT2D eigenvalue weighted by Crippen LogP contribution is 2.32. The average Bonchev–Trinajstić information content (AvgIpc) is 3.27. The third-order valence-corrected chi connectivity index (χ3v) is 5.11. The van der Waals surface area contributed by atoms with Gasteiger partial charge in [-0.15, -0.1) is 0 Å². The molecule has 0 saturated heterocycles. The number of pyridine rings is 1. The van der Waals surface area contributed by atoms with Crippen LogP contribution in [-0.2, 0) is 6.42 Å². The first kappa shape index (κ1) is 19.5. The van der Waals surface area contributed by atoms with Crippen molar-refractivity contribution in [1.82, 2.24) is 4.98 Å². The molecule has 2 aromatic heterocycles. The first-order chi connectivity index (χ1) is 14.5. The highest BCUT2D eigenvalue weighted by Gasteiger charge is 2.30. The largest absolute Gasteiger partial charge is 0.497 e. The van der Waals surface area contributed by atoms with E-state index in [9.17, 15) is 14.4 Å². The number of hydrogen-bond acceptors (Lipinski definition) is 6. The molecule has 0 spiro atoms. The number of anilines is 1. The summed E-state index contributed by atoms with van der Waals surface area (Å²) >= 11 is 0. The first-order valence-corrected chi connectivity index (χ1v) is 9.35. The quantitative estimate of drug-likeness (QED) is 0.671. The number of amides is 1. The maximum Gasteiger partial charge on any atom is 0.261 e. The molecule has 8 nitrogen and oxygen atoms in total. The normalized spacial score (nSPS) is 15.4. The summed E-state index contributed by atoms with van der Waals surface area (Å²) in [4.78, 5) is 40.7. The fourth-order valence-electron chi connectivity index (χ4n) is 3.60. The summed E-state index contributed by atoms with van der Waals surface area (Å²) in [6, 6.07) is 9.81. The summed E-state index contributed by atoms with van der Waals surface area (Å²) in [5.41, 5.74) is 0.565. The summed E-state index contributed by atoms with van der Waals surface area (Å²) in [6.07, 6.45) is 2.26. The molecule has 4 rings (SSSR count). The zero-order chi connectivity index (χ0) is 21.3. The number of ether oxygens (including phenoxy) is 2. The van der Waals surface area contributed by atoms with E-state index < -0.39 is 11.5 Å². The second-order valence-corrected chi connectivity index (χ2v) is 7.00. The molecule has 1 amide bonds. The number of carbonyl (C=O) groups excluding carboxylic acids is 2. The van der Waals surface area contributed by atoms with Crippen LogP contribution in [0.25, 0.3) is 0 Å². The number of benzene rings is 1. The zero-order valence-electron chi connectivity index (χ0n) is 16.5. The van der Waals surface area contributed by atoms with Gasteiger partial charge < -0.3 is 24.2 Å². The highest BCUT2D eigenvalue weighted by atomic mass is 16.5. The van der Waals surface area contributed by atoms with E-state index in [1.54, 1.807) is 30.5 Å². The van der Waals surface area contributed by atoms with Crippen LogP contribution in [0.1, 0.15) is 44.5 Å². The minimum atomic E-state index is -0.629. The maximum absolute atomic E-state index is 12.7. The molecule has 0 unspecified atom stereocenters. The third-order valence-electron chi connectivity index (χ3n) is 5.11. The predicted octanol–water partition coefficient (Wildman–Crippen LogP) is 3.15. The number of rotatable bonds is 5. The molecule has 0 radical (unpaired) electrons. The molecule has 1 aliphatic rings. The van der Waals surface area contributed by atoms with Gasteiger partial charge in [0.25, 0.3) is 11.5 Å². The topological polar surface area (TPSA) is 111 Å². The molecular formula is C22H20N2O6. The lowest BCUT2D eigenvalue weighted by molar-refractivity contribution is 0.0959. The van der Waals surface area contributed by atoms with Gasteiger partial charge in [-0.3, -0.25) is 14.4 Å². The number of carbonyl (C=O) groups is 2. The van der Waals surface area contributed by atoms with E-state index in [0.29, 0.717) is 40.6 Å². The lowest BCUT2D eigenvalue weighted by atomic mass is 9.84. The average molecular weight is 408 g/mol. The van der Waals surface area contributed by atoms with Crippen molar-refractivity contribution in [2.45, 2.75) is 18.8 Å². The van der Waals surface area contributed by atoms with Gasteiger partial charge in [-0.05, 0) is 24.6 Å². The minimum absolute atomic E-state index is 0.139. The lowest BCUT2D eigenvalue weighted by Crippen LogP contribution is -2.29. The maximum atomic E-state index is 12.7. The van der Waals surface area contributed by atoms with Gasteiger partial charge in [-0.2, -0.15) is 0 Å². The van der Waals surface area contributed by atoms with E-state index in [1.807, 2.05) is 6.07 Å². The van der Waals surface area contributed by atoms with E-state index in [2.05, 4.69) is 10.3 Å². The number of fused-ring (bicyclic) bond motifs is 1. The molecule has 0 aliphatic heterocycles. The third kappa shape index (κ3) is 3.71. The van der Waals surface area contributed by atoms with Crippen LogP contribution in [0.2, 0.25) is 0 Å². The summed E-state index contributed by atoms with van der Waals surface area (Å²) < 4.78 is 15.8. The number of H-pyrrole nitrogens is 1. The predicted molar refractivity (Wildman–Crippen MR) is 109 cm³/mol. The van der Waals surface area contributed by atoms with E-state index >= 15 is 0 Å². The van der Waals surface area contributed by atoms with Crippen LogP contribution >= 0.6 is 0 Å². The Hall–Kier alpha value is -3.81. The second kappa shape index (κ2) is 7.90. The van der Waals surface area contributed by atoms with Crippen molar-refractivity contribution in [1.29, 1.82) is 0 Å². The van der Waals surface area contributed by atoms with Gasteiger partial charge >= 0.3 is 0 Å². The molecule has 154 valence electrons. The van der Waals surface area contributed by atoms with Gasteiger partial charge in [-0.1, -0.05) is 0 Å². The molecule has 2 N–H and O–H groups in total. The molecule has 3 aromatic rings. The number of nitrogens with one attached hydrogen (secondary N) is 2. The molecule has 1 aromatic carbocycles. The molecule has 0 saturated carbocycles. The summed E-state index contributed by atoms with van der Waals surface area (Å²) in [7, 11) is 2.99. The van der Waals surface area contributed by atoms with Gasteiger partial charge in [0.05, 0.1) is 20.5 Å². The van der Waals surface area contributed by atoms with Crippen molar-refractivity contribution in [2.75, 3.05) is 19.5 Å². The summed E-state index contributed by atoms with van der Waals surface area (Å²) in [5, 5.41) is 2.66. The number of ketones is 1. The Labute approximate surface area is 171 Å². The van der Waals surface area contributed by atoms with Crippen molar-refractivity contribution in [3.63, 3.8) is 0 Å². The van der Waals surface area contributed by atoms with E-state index in [1.165, 1.54) is 20.3 Å². The van der Waals surface area contributed by atoms with Crippen molar-refractivity contribution in [2.24, 2.45) is 0 Å². The van der Waals surface area contributed by atoms with Crippen LogP contribution in [-0.4, -0.2) is 30.9 Å². The van der Waals surface area contributed by atoms with Crippen LogP contribution in [0.5, 0.6) is 11.5 Å². The number of hydrogen-bond donors (Lipinski definition) is 2. The Morgan fingerprint density at radius 1 is 1.10 bits per heavy atom. The Kier molecular flexibility index (Phi) is 5.14. The van der Waals surface area contributed by atoms with Crippen molar-refractivity contribution in [3.8, 4) is 11.5 Å². The van der Waals surface area contributed by atoms with Crippen LogP contribution in [0, 0.1) is 0 Å². The SMILES string of the molecule is COc1cc(NC(=O)c2cc3c([nH]c2=O)C[C@H](c2ccco2)CC3=O)cc(OC)c1. The molecule has 0 bridgehead atoms. The van der Waals surface area contributed by atoms with Gasteiger partial charge in [0.15, 0.2) is 5.78 Å². The molecular weight excluding hydrogens is 388 g/mol. The Morgan fingerprint density at radius 3 is 2.47 bits per heavy atom. The van der Waals surface area contributed by atoms with Gasteiger partial charge in [0, 0.05) is 47.5 Å². The summed E-state index contributed by atoms with van der Waals surface area (Å²) in [5.74, 6) is 0.760. The van der Waals surface area contributed by atoms with Gasteiger partial charge in [-0.25, -0.2) is 0 Å². The molecule has 2 heterocycles. The van der Waals surface area contributed by atoms with Crippen LogP contribution in [0.4, 0.5) is 5.69 Å². The zero-order valence-corrected chi connectivity index (χ0v) is 16.5. The molecule has 8 heteroatoms. The van der Waals surface area contributed by atoms with Crippen molar-refractivity contribution in [3.05, 3.63) is 75.6 Å². The second-order valence-electron chi connectivity index (χ2n) is 7.00. The smallest absolute Gasteiger partial charge is 0.261 e. The molecule has 0 fully saturated rings.